The van der Waals surface area contributed by atoms with Crippen molar-refractivity contribution in [2.75, 3.05) is 23.8 Å². The number of fused-ring (bicyclic) bond motifs is 1. The van der Waals surface area contributed by atoms with Crippen LogP contribution in [0.5, 0.6) is 5.75 Å². The van der Waals surface area contributed by atoms with Crippen LogP contribution in [-0.4, -0.2) is 30.5 Å². The molecule has 108 valence electrons. The van der Waals surface area contributed by atoms with Crippen molar-refractivity contribution < 1.29 is 14.3 Å². The Labute approximate surface area is 117 Å². The van der Waals surface area contributed by atoms with Crippen molar-refractivity contribution in [1.29, 1.82) is 0 Å². The minimum atomic E-state index is -0.662. The molecule has 0 radical (unpaired) electrons. The molecule has 0 atom stereocenters. The number of nitrogens with one attached hydrogen (secondary N) is 3. The molecular weight excluding hydrogens is 258 g/mol. The maximum absolute atomic E-state index is 12.2. The fourth-order valence-corrected chi connectivity index (χ4v) is 1.97. The van der Waals surface area contributed by atoms with Gasteiger partial charge in [0.25, 0.3) is 5.91 Å². The van der Waals surface area contributed by atoms with Crippen molar-refractivity contribution in [3.8, 4) is 5.75 Å². The molecular formula is C14H19N3O3. The molecule has 0 unspecified atom stereocenters. The van der Waals surface area contributed by atoms with Gasteiger partial charge in [0.1, 0.15) is 5.75 Å². The van der Waals surface area contributed by atoms with Crippen LogP contribution in [0.1, 0.15) is 20.8 Å². The van der Waals surface area contributed by atoms with Crippen molar-refractivity contribution in [2.45, 2.75) is 26.3 Å². The summed E-state index contributed by atoms with van der Waals surface area (Å²) in [5.41, 5.74) is 0.524. The van der Waals surface area contributed by atoms with Gasteiger partial charge in [-0.25, -0.2) is 0 Å². The molecule has 1 aromatic rings. The zero-order valence-corrected chi connectivity index (χ0v) is 11.9. The van der Waals surface area contributed by atoms with Gasteiger partial charge in [0, 0.05) is 5.69 Å². The molecule has 0 saturated carbocycles. The number of benzene rings is 1. The summed E-state index contributed by atoms with van der Waals surface area (Å²) in [6, 6.07) is 5.16. The van der Waals surface area contributed by atoms with Gasteiger partial charge in [0.15, 0.2) is 6.61 Å². The van der Waals surface area contributed by atoms with Crippen molar-refractivity contribution >= 4 is 23.2 Å². The minimum Gasteiger partial charge on any atom is -0.482 e. The molecule has 0 saturated heterocycles. The zero-order chi connectivity index (χ0) is 14.8. The lowest BCUT2D eigenvalue weighted by atomic mass is 10.0. The van der Waals surface area contributed by atoms with E-state index in [0.717, 1.165) is 0 Å². The molecule has 2 rings (SSSR count). The molecule has 1 aliphatic heterocycles. The summed E-state index contributed by atoms with van der Waals surface area (Å²) in [5, 5.41) is 8.64. The highest BCUT2D eigenvalue weighted by atomic mass is 16.5. The second-order valence-corrected chi connectivity index (χ2v) is 5.16. The summed E-state index contributed by atoms with van der Waals surface area (Å²) in [5.74, 6) is 0.268. The maximum Gasteiger partial charge on any atom is 0.262 e. The maximum atomic E-state index is 12.2. The standard InChI is InChI=1S/C14H19N3O3/c1-4-15-14(2,3)13(19)16-9-5-6-11-10(7-9)17-12(18)8-20-11/h5-7,15H,4,8H2,1-3H3,(H,16,19)(H,17,18). The molecule has 6 heteroatoms. The van der Waals surface area contributed by atoms with Gasteiger partial charge in [0.2, 0.25) is 5.91 Å². The molecule has 2 amide bonds. The number of likely N-dealkylation sites (N-methyl/N-ethyl adjacent to an activating group) is 1. The number of ether oxygens (including phenoxy) is 1. The highest BCUT2D eigenvalue weighted by molar-refractivity contribution is 6.00. The number of carbonyl (C=O) groups is 2. The summed E-state index contributed by atoms with van der Waals surface area (Å²) >= 11 is 0. The molecule has 0 aliphatic carbocycles. The normalized spacial score (nSPS) is 14.1. The minimum absolute atomic E-state index is 0.0200. The van der Waals surface area contributed by atoms with E-state index in [-0.39, 0.29) is 18.4 Å². The smallest absolute Gasteiger partial charge is 0.262 e. The van der Waals surface area contributed by atoms with Crippen molar-refractivity contribution in [3.05, 3.63) is 18.2 Å². The lowest BCUT2D eigenvalue weighted by Crippen LogP contribution is -2.49. The van der Waals surface area contributed by atoms with Gasteiger partial charge in [-0.3, -0.25) is 9.59 Å². The highest BCUT2D eigenvalue weighted by Crippen LogP contribution is 2.30. The van der Waals surface area contributed by atoms with Crippen LogP contribution in [0, 0.1) is 0 Å². The van der Waals surface area contributed by atoms with Crippen LogP contribution in [0.15, 0.2) is 18.2 Å². The lowest BCUT2D eigenvalue weighted by molar-refractivity contribution is -0.121. The van der Waals surface area contributed by atoms with Crippen molar-refractivity contribution in [1.82, 2.24) is 5.32 Å². The molecule has 1 aromatic carbocycles. The average molecular weight is 277 g/mol. The van der Waals surface area contributed by atoms with Crippen molar-refractivity contribution in [2.24, 2.45) is 0 Å². The predicted octanol–water partition coefficient (Wildman–Crippen LogP) is 1.34. The summed E-state index contributed by atoms with van der Waals surface area (Å²) in [6.45, 7) is 6.30. The molecule has 0 aromatic heterocycles. The number of rotatable bonds is 4. The van der Waals surface area contributed by atoms with Gasteiger partial charge >= 0.3 is 0 Å². The largest absolute Gasteiger partial charge is 0.482 e. The first-order chi connectivity index (χ1) is 9.42. The fraction of sp³-hybridized carbons (Fsp3) is 0.429. The van der Waals surface area contributed by atoms with E-state index in [1.54, 1.807) is 18.2 Å². The molecule has 0 fully saturated rings. The van der Waals surface area contributed by atoms with Gasteiger partial charge < -0.3 is 20.7 Å². The average Bonchev–Trinajstić information content (AvgIpc) is 2.38. The van der Waals surface area contributed by atoms with Crippen LogP contribution in [0.2, 0.25) is 0 Å². The quantitative estimate of drug-likeness (QED) is 0.776. The summed E-state index contributed by atoms with van der Waals surface area (Å²) in [6.07, 6.45) is 0. The van der Waals surface area contributed by atoms with Crippen LogP contribution in [0.25, 0.3) is 0 Å². The Kier molecular flexibility index (Phi) is 3.94. The number of hydrogen-bond acceptors (Lipinski definition) is 4. The summed E-state index contributed by atoms with van der Waals surface area (Å²) in [4.78, 5) is 23.4. The van der Waals surface area contributed by atoms with E-state index in [0.29, 0.717) is 23.7 Å². The van der Waals surface area contributed by atoms with E-state index < -0.39 is 5.54 Å². The number of amides is 2. The Hall–Kier alpha value is -2.08. The Bertz CT molecular complexity index is 540. The SMILES string of the molecule is CCNC(C)(C)C(=O)Nc1ccc2c(c1)NC(=O)CO2. The van der Waals surface area contributed by atoms with E-state index in [9.17, 15) is 9.59 Å². The van der Waals surface area contributed by atoms with Crippen LogP contribution in [-0.2, 0) is 9.59 Å². The third kappa shape index (κ3) is 3.08. The Balaban J connectivity index is 2.13. The van der Waals surface area contributed by atoms with Gasteiger partial charge in [-0.1, -0.05) is 6.92 Å². The van der Waals surface area contributed by atoms with E-state index in [4.69, 9.17) is 4.74 Å². The molecule has 1 heterocycles. The highest BCUT2D eigenvalue weighted by Gasteiger charge is 2.26. The first-order valence-electron chi connectivity index (χ1n) is 6.55. The Morgan fingerprint density at radius 1 is 1.45 bits per heavy atom. The fourth-order valence-electron chi connectivity index (χ4n) is 1.97. The second kappa shape index (κ2) is 5.50. The van der Waals surface area contributed by atoms with Gasteiger partial charge in [0.05, 0.1) is 11.2 Å². The van der Waals surface area contributed by atoms with Gasteiger partial charge in [-0.05, 0) is 38.6 Å². The van der Waals surface area contributed by atoms with E-state index >= 15 is 0 Å². The topological polar surface area (TPSA) is 79.5 Å². The van der Waals surface area contributed by atoms with Crippen LogP contribution in [0.3, 0.4) is 0 Å². The second-order valence-electron chi connectivity index (χ2n) is 5.16. The molecule has 6 nitrogen and oxygen atoms in total. The molecule has 3 N–H and O–H groups in total. The van der Waals surface area contributed by atoms with E-state index in [1.807, 2.05) is 20.8 Å². The van der Waals surface area contributed by atoms with Crippen LogP contribution >= 0.6 is 0 Å². The molecule has 20 heavy (non-hydrogen) atoms. The molecule has 1 aliphatic rings. The first kappa shape index (κ1) is 14.3. The number of anilines is 2. The summed E-state index contributed by atoms with van der Waals surface area (Å²) < 4.78 is 5.26. The van der Waals surface area contributed by atoms with Crippen LogP contribution in [0.4, 0.5) is 11.4 Å². The van der Waals surface area contributed by atoms with Gasteiger partial charge in [-0.15, -0.1) is 0 Å². The van der Waals surface area contributed by atoms with E-state index in [2.05, 4.69) is 16.0 Å². The lowest BCUT2D eigenvalue weighted by Gasteiger charge is -2.25. The number of hydrogen-bond donors (Lipinski definition) is 3. The third-order valence-electron chi connectivity index (χ3n) is 3.06. The summed E-state index contributed by atoms with van der Waals surface area (Å²) in [7, 11) is 0. The molecule has 0 bridgehead atoms. The Morgan fingerprint density at radius 2 is 2.20 bits per heavy atom. The predicted molar refractivity (Wildman–Crippen MR) is 77.0 cm³/mol. The van der Waals surface area contributed by atoms with Crippen LogP contribution < -0.4 is 20.7 Å². The zero-order valence-electron chi connectivity index (χ0n) is 11.9. The third-order valence-corrected chi connectivity index (χ3v) is 3.06. The number of carbonyl (C=O) groups excluding carboxylic acids is 2. The van der Waals surface area contributed by atoms with Crippen molar-refractivity contribution in [3.63, 3.8) is 0 Å². The Morgan fingerprint density at radius 3 is 2.90 bits per heavy atom. The first-order valence-corrected chi connectivity index (χ1v) is 6.55. The van der Waals surface area contributed by atoms with E-state index in [1.165, 1.54) is 0 Å². The van der Waals surface area contributed by atoms with Gasteiger partial charge in [-0.2, -0.15) is 0 Å². The molecule has 0 spiro atoms. The monoisotopic (exact) mass is 277 g/mol.